The first kappa shape index (κ1) is 12.9. The van der Waals surface area contributed by atoms with Crippen LogP contribution in [0.5, 0.6) is 0 Å². The number of nitrogens with one attached hydrogen (secondary N) is 1. The van der Waals surface area contributed by atoms with Gasteiger partial charge in [0.05, 0.1) is 17.4 Å². The molecule has 0 spiro atoms. The number of amides is 1. The average molecular weight is 275 g/mol. The number of aromatic nitrogens is 3. The van der Waals surface area contributed by atoms with E-state index in [1.165, 1.54) is 0 Å². The summed E-state index contributed by atoms with van der Waals surface area (Å²) in [5.41, 5.74) is 1.85. The quantitative estimate of drug-likeness (QED) is 0.877. The van der Waals surface area contributed by atoms with Gasteiger partial charge in [-0.1, -0.05) is 5.16 Å². The lowest BCUT2D eigenvalue weighted by molar-refractivity contribution is -0.127. The molecule has 2 atom stereocenters. The Labute approximate surface area is 116 Å². The molecule has 0 aromatic carbocycles. The summed E-state index contributed by atoms with van der Waals surface area (Å²) in [7, 11) is 3.72. The first-order valence-electron chi connectivity index (χ1n) is 6.53. The highest BCUT2D eigenvalue weighted by Gasteiger charge is 2.39. The van der Waals surface area contributed by atoms with Crippen LogP contribution in [0, 0.1) is 0 Å². The second-order valence-corrected chi connectivity index (χ2v) is 5.01. The average Bonchev–Trinajstić information content (AvgIpc) is 3.12. The molecule has 7 heteroatoms. The number of aryl methyl sites for hydroxylation is 1. The Balaban J connectivity index is 1.78. The molecule has 20 heavy (non-hydrogen) atoms. The van der Waals surface area contributed by atoms with Gasteiger partial charge < -0.3 is 14.7 Å². The van der Waals surface area contributed by atoms with Crippen molar-refractivity contribution >= 4 is 5.91 Å². The van der Waals surface area contributed by atoms with Crippen molar-refractivity contribution in [1.82, 2.24) is 25.2 Å². The minimum absolute atomic E-state index is 0.0121. The van der Waals surface area contributed by atoms with Gasteiger partial charge in [-0.3, -0.25) is 9.48 Å². The highest BCUT2D eigenvalue weighted by molar-refractivity contribution is 5.80. The van der Waals surface area contributed by atoms with Crippen molar-refractivity contribution in [3.63, 3.8) is 0 Å². The van der Waals surface area contributed by atoms with Crippen molar-refractivity contribution in [2.45, 2.75) is 25.0 Å². The zero-order valence-electron chi connectivity index (χ0n) is 11.5. The Morgan fingerprint density at radius 2 is 2.30 bits per heavy atom. The second-order valence-electron chi connectivity index (χ2n) is 5.01. The van der Waals surface area contributed by atoms with Gasteiger partial charge in [0.2, 0.25) is 5.91 Å². The van der Waals surface area contributed by atoms with Crippen molar-refractivity contribution in [3.05, 3.63) is 36.0 Å². The fourth-order valence-electron chi connectivity index (χ4n) is 2.70. The van der Waals surface area contributed by atoms with Crippen LogP contribution in [0.1, 0.15) is 23.9 Å². The van der Waals surface area contributed by atoms with Crippen LogP contribution in [0.4, 0.5) is 0 Å². The maximum Gasteiger partial charge on any atom is 0.224 e. The molecule has 1 amide bonds. The SMILES string of the molecule is CN1C(=O)C[C@@H](NCc2ccon2)[C@@H]1c1ccnn1C. The summed E-state index contributed by atoms with van der Waals surface area (Å²) in [5.74, 6) is 0.133. The van der Waals surface area contributed by atoms with Crippen LogP contribution >= 0.6 is 0 Å². The molecule has 1 aliphatic rings. The Morgan fingerprint density at radius 1 is 1.45 bits per heavy atom. The van der Waals surface area contributed by atoms with Crippen molar-refractivity contribution in [3.8, 4) is 0 Å². The standard InChI is InChI=1S/C13H17N5O2/c1-17-12(19)7-10(14-8-9-4-6-20-16-9)13(17)11-3-5-15-18(11)2/h3-6,10,13-14H,7-8H2,1-2H3/t10-,13-/m1/s1. The smallest absolute Gasteiger partial charge is 0.224 e. The van der Waals surface area contributed by atoms with Crippen LogP contribution in [-0.2, 0) is 18.4 Å². The van der Waals surface area contributed by atoms with Gasteiger partial charge in [-0.2, -0.15) is 5.10 Å². The van der Waals surface area contributed by atoms with Crippen LogP contribution in [0.3, 0.4) is 0 Å². The lowest BCUT2D eigenvalue weighted by Gasteiger charge is -2.25. The summed E-state index contributed by atoms with van der Waals surface area (Å²) < 4.78 is 6.62. The van der Waals surface area contributed by atoms with E-state index in [9.17, 15) is 4.79 Å². The maximum atomic E-state index is 12.0. The number of likely N-dealkylation sites (N-methyl/N-ethyl adjacent to an activating group) is 1. The minimum Gasteiger partial charge on any atom is -0.364 e. The van der Waals surface area contributed by atoms with E-state index in [4.69, 9.17) is 4.52 Å². The molecule has 3 heterocycles. The zero-order valence-corrected chi connectivity index (χ0v) is 11.5. The van der Waals surface area contributed by atoms with Crippen LogP contribution < -0.4 is 5.32 Å². The maximum absolute atomic E-state index is 12.0. The van der Waals surface area contributed by atoms with Gasteiger partial charge in [0, 0.05) is 45.4 Å². The first-order chi connectivity index (χ1) is 9.66. The van der Waals surface area contributed by atoms with Crippen molar-refractivity contribution < 1.29 is 9.32 Å². The Bertz CT molecular complexity index is 592. The van der Waals surface area contributed by atoms with Crippen LogP contribution in [0.15, 0.2) is 29.1 Å². The van der Waals surface area contributed by atoms with Gasteiger partial charge in [0.15, 0.2) is 0 Å². The van der Waals surface area contributed by atoms with E-state index in [1.54, 1.807) is 17.4 Å². The highest BCUT2D eigenvalue weighted by atomic mass is 16.5. The van der Waals surface area contributed by atoms with Gasteiger partial charge >= 0.3 is 0 Å². The van der Waals surface area contributed by atoms with Crippen LogP contribution in [0.25, 0.3) is 0 Å². The summed E-state index contributed by atoms with van der Waals surface area (Å²) in [5, 5.41) is 11.4. The summed E-state index contributed by atoms with van der Waals surface area (Å²) in [4.78, 5) is 13.8. The van der Waals surface area contributed by atoms with Gasteiger partial charge in [-0.25, -0.2) is 0 Å². The first-order valence-corrected chi connectivity index (χ1v) is 6.53. The largest absolute Gasteiger partial charge is 0.364 e. The normalized spacial score (nSPS) is 22.7. The van der Waals surface area contributed by atoms with E-state index in [0.29, 0.717) is 13.0 Å². The molecule has 3 rings (SSSR count). The molecule has 0 unspecified atom stereocenters. The van der Waals surface area contributed by atoms with E-state index < -0.39 is 0 Å². The summed E-state index contributed by atoms with van der Waals surface area (Å²) in [6, 6.07) is 3.79. The van der Waals surface area contributed by atoms with Crippen molar-refractivity contribution in [1.29, 1.82) is 0 Å². The number of rotatable bonds is 4. The molecule has 1 saturated heterocycles. The zero-order chi connectivity index (χ0) is 14.1. The van der Waals surface area contributed by atoms with Crippen LogP contribution in [-0.4, -0.2) is 38.8 Å². The third-order valence-electron chi connectivity index (χ3n) is 3.78. The molecular weight excluding hydrogens is 258 g/mol. The molecule has 0 aliphatic carbocycles. The highest BCUT2D eigenvalue weighted by Crippen LogP contribution is 2.31. The van der Waals surface area contributed by atoms with Crippen LogP contribution in [0.2, 0.25) is 0 Å². The number of carbonyl (C=O) groups excluding carboxylic acids is 1. The fraction of sp³-hybridized carbons (Fsp3) is 0.462. The predicted octanol–water partition coefficient (Wildman–Crippen LogP) is 0.470. The molecule has 1 aliphatic heterocycles. The topological polar surface area (TPSA) is 76.2 Å². The van der Waals surface area contributed by atoms with E-state index in [2.05, 4.69) is 15.6 Å². The van der Waals surface area contributed by atoms with Gasteiger partial charge in [0.1, 0.15) is 6.26 Å². The number of nitrogens with zero attached hydrogens (tertiary/aromatic N) is 4. The monoisotopic (exact) mass is 275 g/mol. The summed E-state index contributed by atoms with van der Waals surface area (Å²) >= 11 is 0. The fourth-order valence-corrected chi connectivity index (χ4v) is 2.70. The van der Waals surface area contributed by atoms with Gasteiger partial charge in [-0.05, 0) is 6.07 Å². The Hall–Kier alpha value is -2.15. The van der Waals surface area contributed by atoms with Gasteiger partial charge in [0.25, 0.3) is 0 Å². The number of hydrogen-bond donors (Lipinski definition) is 1. The molecule has 106 valence electrons. The second kappa shape index (κ2) is 5.09. The number of carbonyl (C=O) groups is 1. The molecular formula is C13H17N5O2. The lowest BCUT2D eigenvalue weighted by atomic mass is 10.1. The van der Waals surface area contributed by atoms with Crippen molar-refractivity contribution in [2.75, 3.05) is 7.05 Å². The third-order valence-corrected chi connectivity index (χ3v) is 3.78. The molecule has 0 bridgehead atoms. The summed E-state index contributed by atoms with van der Waals surface area (Å²) in [6.07, 6.45) is 3.77. The molecule has 1 N–H and O–H groups in total. The Kier molecular flexibility index (Phi) is 3.27. The van der Waals surface area contributed by atoms with Crippen molar-refractivity contribution in [2.24, 2.45) is 7.05 Å². The Morgan fingerprint density at radius 3 is 2.95 bits per heavy atom. The number of likely N-dealkylation sites (tertiary alicyclic amines) is 1. The van der Waals surface area contributed by atoms with E-state index in [-0.39, 0.29) is 18.0 Å². The molecule has 0 saturated carbocycles. The molecule has 2 aromatic rings. The molecule has 7 nitrogen and oxygen atoms in total. The predicted molar refractivity (Wildman–Crippen MR) is 70.5 cm³/mol. The number of hydrogen-bond acceptors (Lipinski definition) is 5. The summed E-state index contributed by atoms with van der Waals surface area (Å²) in [6.45, 7) is 0.580. The minimum atomic E-state index is -0.0121. The lowest BCUT2D eigenvalue weighted by Crippen LogP contribution is -2.36. The third kappa shape index (κ3) is 2.20. The molecule has 2 aromatic heterocycles. The van der Waals surface area contributed by atoms with E-state index in [0.717, 1.165) is 11.4 Å². The molecule has 1 fully saturated rings. The van der Waals surface area contributed by atoms with E-state index in [1.807, 2.05) is 30.9 Å². The van der Waals surface area contributed by atoms with Gasteiger partial charge in [-0.15, -0.1) is 0 Å². The van der Waals surface area contributed by atoms with E-state index >= 15 is 0 Å². The molecule has 0 radical (unpaired) electrons.